The van der Waals surface area contributed by atoms with E-state index in [1.54, 1.807) is 0 Å². The lowest BCUT2D eigenvalue weighted by Crippen LogP contribution is -2.33. The molecule has 6 N–H and O–H groups in total. The molecule has 1 aromatic heterocycles. The smallest absolute Gasteiger partial charge is 0.188 e. The molecular weight excluding hydrogens is 369 g/mol. The number of anilines is 1. The van der Waals surface area contributed by atoms with Crippen LogP contribution in [0.1, 0.15) is 31.5 Å². The maximum absolute atomic E-state index is 8.91. The van der Waals surface area contributed by atoms with Crippen LogP contribution < -0.4 is 16.8 Å². The highest BCUT2D eigenvalue weighted by molar-refractivity contribution is 14.0. The number of aryl methyl sites for hydroxylation is 1. The number of nitrogens with zero attached hydrogens (tertiary/aromatic N) is 3. The number of rotatable bonds is 6. The molecule has 0 saturated heterocycles. The minimum absolute atomic E-state index is 0. The Labute approximate surface area is 136 Å². The van der Waals surface area contributed by atoms with E-state index in [0.29, 0.717) is 37.0 Å². The number of nitrogens with two attached hydrogens (primary N) is 2. The van der Waals surface area contributed by atoms with Crippen molar-refractivity contribution in [3.8, 4) is 6.07 Å². The van der Waals surface area contributed by atoms with E-state index in [9.17, 15) is 0 Å². The minimum atomic E-state index is 0. The van der Waals surface area contributed by atoms with E-state index in [4.69, 9.17) is 16.7 Å². The first kappa shape index (κ1) is 18.5. The third kappa shape index (κ3) is 6.10. The molecule has 20 heavy (non-hydrogen) atoms. The van der Waals surface area contributed by atoms with Crippen LogP contribution in [0, 0.1) is 17.2 Å². The van der Waals surface area contributed by atoms with Gasteiger partial charge in [0.15, 0.2) is 11.8 Å². The highest BCUT2D eigenvalue weighted by atomic mass is 127. The Morgan fingerprint density at radius 1 is 1.55 bits per heavy atom. The van der Waals surface area contributed by atoms with E-state index in [1.165, 1.54) is 0 Å². The first-order valence-corrected chi connectivity index (χ1v) is 6.31. The number of aliphatic imine (C=N–C) groups is 1. The predicted molar refractivity (Wildman–Crippen MR) is 90.8 cm³/mol. The first-order chi connectivity index (χ1) is 9.04. The molecule has 0 amide bonds. The molecule has 0 fully saturated rings. The summed E-state index contributed by atoms with van der Waals surface area (Å²) in [7, 11) is 0. The van der Waals surface area contributed by atoms with E-state index in [1.807, 2.05) is 6.07 Å². The second kappa shape index (κ2) is 9.41. The maximum atomic E-state index is 8.91. The summed E-state index contributed by atoms with van der Waals surface area (Å²) in [4.78, 5) is 4.20. The maximum Gasteiger partial charge on any atom is 0.188 e. The van der Waals surface area contributed by atoms with Crippen LogP contribution in [-0.2, 0) is 6.42 Å². The molecule has 0 bridgehead atoms. The number of nitrogens with one attached hydrogen (secondary N) is 2. The molecule has 1 rings (SSSR count). The molecule has 1 heterocycles. The van der Waals surface area contributed by atoms with Crippen molar-refractivity contribution in [2.45, 2.75) is 26.7 Å². The zero-order valence-electron chi connectivity index (χ0n) is 11.8. The van der Waals surface area contributed by atoms with E-state index in [-0.39, 0.29) is 29.8 Å². The van der Waals surface area contributed by atoms with Crippen LogP contribution in [0.5, 0.6) is 0 Å². The largest absolute Gasteiger partial charge is 0.381 e. The number of H-pyrrole nitrogens is 1. The molecule has 0 atom stereocenters. The second-order valence-corrected chi connectivity index (χ2v) is 4.72. The van der Waals surface area contributed by atoms with Crippen LogP contribution in [0.3, 0.4) is 0 Å². The Bertz CT molecular complexity index is 473. The number of aromatic amines is 1. The highest BCUT2D eigenvalue weighted by Gasteiger charge is 2.09. The summed E-state index contributed by atoms with van der Waals surface area (Å²) in [5.74, 6) is 1.20. The van der Waals surface area contributed by atoms with Gasteiger partial charge in [-0.15, -0.1) is 24.0 Å². The van der Waals surface area contributed by atoms with Gasteiger partial charge in [-0.2, -0.15) is 10.4 Å². The lowest BCUT2D eigenvalue weighted by Gasteiger charge is -2.06. The summed E-state index contributed by atoms with van der Waals surface area (Å²) in [6, 6.07) is 2.04. The van der Waals surface area contributed by atoms with Crippen LogP contribution in [0.4, 0.5) is 5.82 Å². The normalized spacial score (nSPS) is 11.0. The molecule has 1 aromatic rings. The standard InChI is InChI=1S/C12H21N7.HI/c1-8(2)7-17-12(15)16-5-3-4-10-9(6-13)11(14)19-18-10;/h8H,3-5,7H2,1-2H3,(H3,14,18,19)(H3,15,16,17);1H. The molecule has 0 aliphatic heterocycles. The van der Waals surface area contributed by atoms with Crippen LogP contribution in [0.2, 0.25) is 0 Å². The summed E-state index contributed by atoms with van der Waals surface area (Å²) < 4.78 is 0. The van der Waals surface area contributed by atoms with Gasteiger partial charge in [-0.1, -0.05) is 13.8 Å². The van der Waals surface area contributed by atoms with Crippen LogP contribution >= 0.6 is 24.0 Å². The van der Waals surface area contributed by atoms with Gasteiger partial charge in [-0.3, -0.25) is 10.1 Å². The third-order valence-corrected chi connectivity index (χ3v) is 2.52. The molecule has 8 heteroatoms. The van der Waals surface area contributed by atoms with Gasteiger partial charge in [0.05, 0.1) is 5.69 Å². The zero-order valence-corrected chi connectivity index (χ0v) is 14.1. The topological polar surface area (TPSA) is 129 Å². The van der Waals surface area contributed by atoms with Gasteiger partial charge in [-0.05, 0) is 18.8 Å². The molecule has 0 spiro atoms. The van der Waals surface area contributed by atoms with Crippen molar-refractivity contribution in [1.82, 2.24) is 15.5 Å². The van der Waals surface area contributed by atoms with E-state index < -0.39 is 0 Å². The van der Waals surface area contributed by atoms with Crippen LogP contribution in [0.15, 0.2) is 4.99 Å². The van der Waals surface area contributed by atoms with Crippen molar-refractivity contribution in [2.75, 3.05) is 18.8 Å². The number of hydrogen-bond acceptors (Lipinski definition) is 4. The summed E-state index contributed by atoms with van der Waals surface area (Å²) in [6.07, 6.45) is 1.51. The quantitative estimate of drug-likeness (QED) is 0.249. The van der Waals surface area contributed by atoms with Gasteiger partial charge in [-0.25, -0.2) is 0 Å². The van der Waals surface area contributed by atoms with Crippen molar-refractivity contribution in [1.29, 1.82) is 5.26 Å². The first-order valence-electron chi connectivity index (χ1n) is 6.31. The van der Waals surface area contributed by atoms with Gasteiger partial charge in [0, 0.05) is 13.1 Å². The molecule has 0 radical (unpaired) electrons. The van der Waals surface area contributed by atoms with Gasteiger partial charge in [0.1, 0.15) is 11.6 Å². The fraction of sp³-hybridized carbons (Fsp3) is 0.583. The number of hydrogen-bond donors (Lipinski definition) is 4. The Kier molecular flexibility index (Phi) is 8.71. The van der Waals surface area contributed by atoms with Gasteiger partial charge in [0.25, 0.3) is 0 Å². The van der Waals surface area contributed by atoms with Gasteiger partial charge < -0.3 is 16.8 Å². The molecule has 112 valence electrons. The molecule has 0 aliphatic rings. The highest BCUT2D eigenvalue weighted by Crippen LogP contribution is 2.12. The Hall–Kier alpha value is -1.50. The van der Waals surface area contributed by atoms with Crippen molar-refractivity contribution >= 4 is 35.8 Å². The third-order valence-electron chi connectivity index (χ3n) is 2.52. The van der Waals surface area contributed by atoms with Crippen molar-refractivity contribution in [3.05, 3.63) is 11.3 Å². The predicted octanol–water partition coefficient (Wildman–Crippen LogP) is 0.974. The zero-order chi connectivity index (χ0) is 14.3. The monoisotopic (exact) mass is 391 g/mol. The van der Waals surface area contributed by atoms with Crippen molar-refractivity contribution < 1.29 is 0 Å². The number of nitrogen functional groups attached to an aromatic ring is 1. The molecule has 7 nitrogen and oxygen atoms in total. The number of guanidine groups is 1. The fourth-order valence-electron chi connectivity index (χ4n) is 1.52. The Balaban J connectivity index is 0.00000361. The SMILES string of the molecule is CC(C)CN=C(N)NCCCc1[nH]nc(N)c1C#N.I. The van der Waals surface area contributed by atoms with E-state index in [2.05, 4.69) is 34.4 Å². The van der Waals surface area contributed by atoms with Crippen molar-refractivity contribution in [2.24, 2.45) is 16.6 Å². The fourth-order valence-corrected chi connectivity index (χ4v) is 1.52. The average Bonchev–Trinajstić information content (AvgIpc) is 2.72. The number of halogens is 1. The minimum Gasteiger partial charge on any atom is -0.381 e. The Morgan fingerprint density at radius 2 is 2.25 bits per heavy atom. The summed E-state index contributed by atoms with van der Waals surface area (Å²) in [6.45, 7) is 5.58. The number of aromatic nitrogens is 2. The molecule has 0 saturated carbocycles. The summed E-state index contributed by atoms with van der Waals surface area (Å²) >= 11 is 0. The van der Waals surface area contributed by atoms with E-state index in [0.717, 1.165) is 12.1 Å². The molecule has 0 aromatic carbocycles. The second-order valence-electron chi connectivity index (χ2n) is 4.72. The lowest BCUT2D eigenvalue weighted by atomic mass is 10.1. The van der Waals surface area contributed by atoms with Crippen LogP contribution in [-0.4, -0.2) is 29.2 Å². The van der Waals surface area contributed by atoms with Crippen LogP contribution in [0.25, 0.3) is 0 Å². The summed E-state index contributed by atoms with van der Waals surface area (Å²) in [5.41, 5.74) is 12.5. The van der Waals surface area contributed by atoms with Gasteiger partial charge >= 0.3 is 0 Å². The number of nitriles is 1. The average molecular weight is 391 g/mol. The van der Waals surface area contributed by atoms with Gasteiger partial charge in [0.2, 0.25) is 0 Å². The lowest BCUT2D eigenvalue weighted by molar-refractivity contribution is 0.659. The molecular formula is C12H22IN7. The summed E-state index contributed by atoms with van der Waals surface area (Å²) in [5, 5.41) is 18.5. The Morgan fingerprint density at radius 3 is 2.85 bits per heavy atom. The van der Waals surface area contributed by atoms with E-state index >= 15 is 0 Å². The molecule has 0 aliphatic carbocycles. The van der Waals surface area contributed by atoms with Crippen molar-refractivity contribution in [3.63, 3.8) is 0 Å². The molecule has 0 unspecified atom stereocenters.